The Morgan fingerprint density at radius 3 is 2.10 bits per heavy atom. The maximum absolute atomic E-state index is 14.0. The van der Waals surface area contributed by atoms with E-state index in [9.17, 15) is 18.0 Å². The van der Waals surface area contributed by atoms with Crippen LogP contribution in [0.5, 0.6) is 0 Å². The largest absolute Gasteiger partial charge is 0.352 e. The third-order valence-electron chi connectivity index (χ3n) is 7.11. The third-order valence-corrected chi connectivity index (χ3v) is 8.88. The molecule has 0 aliphatic carbocycles. The lowest BCUT2D eigenvalue weighted by Crippen LogP contribution is -2.53. The maximum atomic E-state index is 14.0. The van der Waals surface area contributed by atoms with Crippen molar-refractivity contribution >= 4 is 27.5 Å². The predicted molar refractivity (Wildman–Crippen MR) is 156 cm³/mol. The van der Waals surface area contributed by atoms with Crippen molar-refractivity contribution in [1.29, 1.82) is 0 Å². The molecule has 0 aliphatic rings. The molecular formula is C31H39N3O4S. The molecule has 0 saturated heterocycles. The number of hydrogen-bond donors (Lipinski definition) is 1. The van der Waals surface area contributed by atoms with E-state index in [1.54, 1.807) is 37.3 Å². The minimum absolute atomic E-state index is 0.0454. The van der Waals surface area contributed by atoms with E-state index < -0.39 is 28.5 Å². The van der Waals surface area contributed by atoms with Gasteiger partial charge in [0, 0.05) is 12.6 Å². The van der Waals surface area contributed by atoms with Gasteiger partial charge in [0.25, 0.3) is 10.0 Å². The quantitative estimate of drug-likeness (QED) is 0.349. The molecule has 3 aromatic rings. The van der Waals surface area contributed by atoms with Crippen LogP contribution in [0.2, 0.25) is 0 Å². The van der Waals surface area contributed by atoms with Crippen molar-refractivity contribution in [2.24, 2.45) is 0 Å². The van der Waals surface area contributed by atoms with E-state index in [2.05, 4.69) is 5.32 Å². The molecule has 7 nitrogen and oxygen atoms in total. The number of carbonyl (C=O) groups excluding carboxylic acids is 2. The summed E-state index contributed by atoms with van der Waals surface area (Å²) < 4.78 is 29.0. The molecule has 0 heterocycles. The molecule has 0 spiro atoms. The van der Waals surface area contributed by atoms with Crippen LogP contribution < -0.4 is 9.62 Å². The first kappa shape index (κ1) is 29.9. The molecule has 1 N–H and O–H groups in total. The molecule has 2 atom stereocenters. The van der Waals surface area contributed by atoms with E-state index in [0.29, 0.717) is 12.1 Å². The lowest BCUT2D eigenvalue weighted by molar-refractivity contribution is -0.139. The van der Waals surface area contributed by atoms with Gasteiger partial charge in [-0.25, -0.2) is 8.42 Å². The predicted octanol–water partition coefficient (Wildman–Crippen LogP) is 4.87. The average molecular weight is 550 g/mol. The van der Waals surface area contributed by atoms with Crippen molar-refractivity contribution in [3.05, 3.63) is 95.6 Å². The summed E-state index contributed by atoms with van der Waals surface area (Å²) in [5, 5.41) is 2.96. The molecule has 0 fully saturated rings. The minimum Gasteiger partial charge on any atom is -0.352 e. The van der Waals surface area contributed by atoms with Crippen LogP contribution in [0.15, 0.2) is 83.8 Å². The fourth-order valence-electron chi connectivity index (χ4n) is 4.27. The zero-order chi connectivity index (χ0) is 28.6. The van der Waals surface area contributed by atoms with Gasteiger partial charge < -0.3 is 10.2 Å². The van der Waals surface area contributed by atoms with Crippen molar-refractivity contribution in [2.45, 2.75) is 64.4 Å². The van der Waals surface area contributed by atoms with Crippen LogP contribution >= 0.6 is 0 Å². The van der Waals surface area contributed by atoms with Crippen LogP contribution in [0, 0.1) is 13.8 Å². The molecule has 0 aromatic heterocycles. The van der Waals surface area contributed by atoms with E-state index in [0.717, 1.165) is 23.1 Å². The Hall–Kier alpha value is -3.65. The van der Waals surface area contributed by atoms with Crippen LogP contribution in [-0.2, 0) is 26.0 Å². The van der Waals surface area contributed by atoms with E-state index in [1.807, 2.05) is 64.1 Å². The number of benzene rings is 3. The van der Waals surface area contributed by atoms with Gasteiger partial charge in [-0.1, -0.05) is 67.6 Å². The van der Waals surface area contributed by atoms with E-state index >= 15 is 0 Å². The molecule has 0 bridgehead atoms. The summed E-state index contributed by atoms with van der Waals surface area (Å²) in [5.41, 5.74) is 3.14. The van der Waals surface area contributed by atoms with Gasteiger partial charge in [-0.2, -0.15) is 0 Å². The molecule has 0 unspecified atom stereocenters. The molecule has 0 aliphatic heterocycles. The standard InChI is InChI=1S/C31H39N3O4S/c1-6-24(3)32-31(36)26(5)33(21-20-27-15-9-7-10-16-27)30(35)22-34(29-19-13-14-23(2)25(29)4)39(37,38)28-17-11-8-12-18-28/h7-19,24,26H,6,20-22H2,1-5H3,(H,32,36)/t24-,26+/m0/s1. The zero-order valence-electron chi connectivity index (χ0n) is 23.4. The van der Waals surface area contributed by atoms with Crippen molar-refractivity contribution in [3.8, 4) is 0 Å². The summed E-state index contributed by atoms with van der Waals surface area (Å²) in [5.74, 6) is -0.715. The van der Waals surface area contributed by atoms with Crippen molar-refractivity contribution < 1.29 is 18.0 Å². The normalized spacial score (nSPS) is 12.8. The molecular weight excluding hydrogens is 510 g/mol. The number of hydrogen-bond acceptors (Lipinski definition) is 4. The highest BCUT2D eigenvalue weighted by Crippen LogP contribution is 2.29. The number of carbonyl (C=O) groups is 2. The number of nitrogens with zero attached hydrogens (tertiary/aromatic N) is 2. The van der Waals surface area contributed by atoms with Gasteiger partial charge in [0.15, 0.2) is 0 Å². The second-order valence-corrected chi connectivity index (χ2v) is 11.7. The van der Waals surface area contributed by atoms with Gasteiger partial charge in [-0.05, 0) is 75.4 Å². The van der Waals surface area contributed by atoms with E-state index in [4.69, 9.17) is 0 Å². The van der Waals surface area contributed by atoms with Gasteiger partial charge in [0.05, 0.1) is 10.6 Å². The number of aryl methyl sites for hydroxylation is 1. The molecule has 0 radical (unpaired) electrons. The monoisotopic (exact) mass is 549 g/mol. The van der Waals surface area contributed by atoms with E-state index in [1.165, 1.54) is 21.3 Å². The summed E-state index contributed by atoms with van der Waals surface area (Å²) in [6, 6.07) is 22.4. The van der Waals surface area contributed by atoms with Gasteiger partial charge in [-0.15, -0.1) is 0 Å². The second kappa shape index (κ2) is 13.4. The van der Waals surface area contributed by atoms with Crippen molar-refractivity contribution in [1.82, 2.24) is 10.2 Å². The maximum Gasteiger partial charge on any atom is 0.264 e. The Morgan fingerprint density at radius 2 is 1.49 bits per heavy atom. The number of rotatable bonds is 12. The Bertz CT molecular complexity index is 1360. The van der Waals surface area contributed by atoms with Crippen LogP contribution in [0.3, 0.4) is 0 Å². The number of sulfonamides is 1. The Labute approximate surface area is 232 Å². The van der Waals surface area contributed by atoms with Crippen LogP contribution in [0.4, 0.5) is 5.69 Å². The first-order valence-corrected chi connectivity index (χ1v) is 14.8. The summed E-state index contributed by atoms with van der Waals surface area (Å²) in [6.45, 7) is 9.16. The van der Waals surface area contributed by atoms with E-state index in [-0.39, 0.29) is 23.4 Å². The molecule has 208 valence electrons. The first-order valence-electron chi connectivity index (χ1n) is 13.3. The molecule has 39 heavy (non-hydrogen) atoms. The Morgan fingerprint density at radius 1 is 0.872 bits per heavy atom. The number of amides is 2. The minimum atomic E-state index is -4.07. The zero-order valence-corrected chi connectivity index (χ0v) is 24.2. The fourth-order valence-corrected chi connectivity index (χ4v) is 5.77. The van der Waals surface area contributed by atoms with Crippen LogP contribution in [0.25, 0.3) is 0 Å². The second-order valence-electron chi connectivity index (χ2n) is 9.86. The number of nitrogens with one attached hydrogen (secondary N) is 1. The molecule has 0 saturated carbocycles. The van der Waals surface area contributed by atoms with Gasteiger partial charge in [-0.3, -0.25) is 13.9 Å². The SMILES string of the molecule is CC[C@H](C)NC(=O)[C@@H](C)N(CCc1ccccc1)C(=O)CN(c1cccc(C)c1C)S(=O)(=O)c1ccccc1. The smallest absolute Gasteiger partial charge is 0.264 e. The average Bonchev–Trinajstić information content (AvgIpc) is 2.94. The van der Waals surface area contributed by atoms with Gasteiger partial charge in [0.2, 0.25) is 11.8 Å². The third kappa shape index (κ3) is 7.47. The van der Waals surface area contributed by atoms with Gasteiger partial charge >= 0.3 is 0 Å². The summed E-state index contributed by atoms with van der Waals surface area (Å²) in [6.07, 6.45) is 1.29. The highest BCUT2D eigenvalue weighted by atomic mass is 32.2. The molecule has 8 heteroatoms. The highest BCUT2D eigenvalue weighted by Gasteiger charge is 2.33. The highest BCUT2D eigenvalue weighted by molar-refractivity contribution is 7.92. The lowest BCUT2D eigenvalue weighted by atomic mass is 10.1. The topological polar surface area (TPSA) is 86.8 Å². The summed E-state index contributed by atoms with van der Waals surface area (Å²) >= 11 is 0. The van der Waals surface area contributed by atoms with Gasteiger partial charge in [0.1, 0.15) is 12.6 Å². The lowest BCUT2D eigenvalue weighted by Gasteiger charge is -2.33. The van der Waals surface area contributed by atoms with Crippen LogP contribution in [-0.4, -0.2) is 50.3 Å². The summed E-state index contributed by atoms with van der Waals surface area (Å²) in [7, 11) is -4.07. The molecule has 2 amide bonds. The molecule has 3 rings (SSSR count). The van der Waals surface area contributed by atoms with Crippen LogP contribution in [0.1, 0.15) is 43.9 Å². The van der Waals surface area contributed by atoms with Crippen molar-refractivity contribution in [2.75, 3.05) is 17.4 Å². The first-order chi connectivity index (χ1) is 18.6. The Kier molecular flexibility index (Phi) is 10.3. The van der Waals surface area contributed by atoms with Crippen molar-refractivity contribution in [3.63, 3.8) is 0 Å². The summed E-state index contributed by atoms with van der Waals surface area (Å²) in [4.78, 5) is 28.7. The molecule has 3 aromatic carbocycles. The Balaban J connectivity index is 2.00. The number of anilines is 1. The fraction of sp³-hybridized carbons (Fsp3) is 0.355.